The van der Waals surface area contributed by atoms with Crippen molar-refractivity contribution in [2.75, 3.05) is 0 Å². The predicted octanol–water partition coefficient (Wildman–Crippen LogP) is 5.06. The van der Waals surface area contributed by atoms with Gasteiger partial charge in [0.25, 0.3) is 0 Å². The number of fused-ring (bicyclic) bond motifs is 1. The molecule has 1 aromatic heterocycles. The second kappa shape index (κ2) is 5.25. The van der Waals surface area contributed by atoms with Crippen LogP contribution in [0.3, 0.4) is 0 Å². The van der Waals surface area contributed by atoms with Crippen LogP contribution in [0.4, 0.5) is 0 Å². The van der Waals surface area contributed by atoms with Crippen molar-refractivity contribution >= 4 is 34.7 Å². The summed E-state index contributed by atoms with van der Waals surface area (Å²) in [6, 6.07) is 20.1. The van der Waals surface area contributed by atoms with Gasteiger partial charge in [0.1, 0.15) is 5.15 Å². The minimum absolute atomic E-state index is 0.520. The van der Waals surface area contributed by atoms with Gasteiger partial charge in [-0.25, -0.2) is 4.98 Å². The minimum atomic E-state index is 0.520. The van der Waals surface area contributed by atoms with Crippen LogP contribution < -0.4 is 0 Å². The van der Waals surface area contributed by atoms with E-state index in [4.69, 9.17) is 11.6 Å². The third-order valence-corrected chi connectivity index (χ3v) is 3.17. The van der Waals surface area contributed by atoms with Gasteiger partial charge in [0.15, 0.2) is 0 Å². The van der Waals surface area contributed by atoms with Gasteiger partial charge in [-0.15, -0.1) is 0 Å². The fraction of sp³-hybridized carbons (Fsp3) is 0. The average Bonchev–Trinajstić information content (AvgIpc) is 2.45. The predicted molar refractivity (Wildman–Crippen MR) is 82.1 cm³/mol. The van der Waals surface area contributed by atoms with Gasteiger partial charge in [0.05, 0.1) is 5.52 Å². The van der Waals surface area contributed by atoms with Gasteiger partial charge in [-0.3, -0.25) is 0 Å². The third-order valence-electron chi connectivity index (χ3n) is 2.97. The fourth-order valence-corrected chi connectivity index (χ4v) is 2.27. The van der Waals surface area contributed by atoms with E-state index in [1.807, 2.05) is 42.5 Å². The zero-order chi connectivity index (χ0) is 13.1. The van der Waals surface area contributed by atoms with E-state index in [1.54, 1.807) is 0 Å². The Morgan fingerprint density at radius 2 is 1.58 bits per heavy atom. The van der Waals surface area contributed by atoms with E-state index in [0.717, 1.165) is 16.5 Å². The van der Waals surface area contributed by atoms with Crippen molar-refractivity contribution in [3.05, 3.63) is 76.9 Å². The van der Waals surface area contributed by atoms with E-state index >= 15 is 0 Å². The molecule has 2 heteroatoms. The molecule has 3 rings (SSSR count). The molecule has 92 valence electrons. The Kier molecular flexibility index (Phi) is 3.30. The van der Waals surface area contributed by atoms with Crippen molar-refractivity contribution in [3.8, 4) is 0 Å². The number of pyridine rings is 1. The van der Waals surface area contributed by atoms with Gasteiger partial charge < -0.3 is 0 Å². The standard InChI is InChI=1S/C17H12ClN/c18-17-12-14(11-10-13-6-2-1-3-7-13)15-8-4-5-9-16(15)19-17/h1-12H/b11-10+. The lowest BCUT2D eigenvalue weighted by molar-refractivity contribution is 1.40. The average molecular weight is 266 g/mol. The maximum atomic E-state index is 6.06. The van der Waals surface area contributed by atoms with Crippen LogP contribution in [0.5, 0.6) is 0 Å². The van der Waals surface area contributed by atoms with E-state index < -0.39 is 0 Å². The number of nitrogens with zero attached hydrogens (tertiary/aromatic N) is 1. The molecular weight excluding hydrogens is 254 g/mol. The summed E-state index contributed by atoms with van der Waals surface area (Å²) in [6.07, 6.45) is 4.16. The minimum Gasteiger partial charge on any atom is -0.236 e. The summed E-state index contributed by atoms with van der Waals surface area (Å²) in [6.45, 7) is 0. The molecule has 1 nitrogen and oxygen atoms in total. The SMILES string of the molecule is Clc1cc(/C=C/c2ccccc2)c2ccccc2n1. The molecule has 0 aliphatic heterocycles. The first kappa shape index (κ1) is 11.9. The van der Waals surface area contributed by atoms with Crippen molar-refractivity contribution in [3.63, 3.8) is 0 Å². The highest BCUT2D eigenvalue weighted by atomic mass is 35.5. The van der Waals surface area contributed by atoms with Gasteiger partial charge in [0, 0.05) is 5.39 Å². The summed E-state index contributed by atoms with van der Waals surface area (Å²) in [5.74, 6) is 0. The van der Waals surface area contributed by atoms with Gasteiger partial charge in [0.2, 0.25) is 0 Å². The Hall–Kier alpha value is -2.12. The molecule has 0 atom stereocenters. The molecule has 3 aromatic rings. The molecule has 2 aromatic carbocycles. The van der Waals surface area contributed by atoms with E-state index in [9.17, 15) is 0 Å². The molecule has 0 saturated heterocycles. The quantitative estimate of drug-likeness (QED) is 0.590. The van der Waals surface area contributed by atoms with Gasteiger partial charge in [-0.05, 0) is 23.3 Å². The van der Waals surface area contributed by atoms with Crippen molar-refractivity contribution in [1.29, 1.82) is 0 Å². The first-order valence-corrected chi connectivity index (χ1v) is 6.49. The Morgan fingerprint density at radius 1 is 0.842 bits per heavy atom. The second-order valence-corrected chi connectivity index (χ2v) is 4.68. The molecule has 0 amide bonds. The van der Waals surface area contributed by atoms with E-state index in [0.29, 0.717) is 5.15 Å². The maximum Gasteiger partial charge on any atom is 0.130 e. The fourth-order valence-electron chi connectivity index (χ4n) is 2.06. The Bertz CT molecular complexity index is 733. The number of halogens is 1. The number of para-hydroxylation sites is 1. The normalized spacial score (nSPS) is 11.2. The van der Waals surface area contributed by atoms with E-state index in [2.05, 4.69) is 35.3 Å². The first-order chi connectivity index (χ1) is 9.33. The molecule has 0 aliphatic carbocycles. The van der Waals surface area contributed by atoms with Crippen LogP contribution in [-0.2, 0) is 0 Å². The van der Waals surface area contributed by atoms with Crippen molar-refractivity contribution < 1.29 is 0 Å². The van der Waals surface area contributed by atoms with Crippen LogP contribution in [0, 0.1) is 0 Å². The molecule has 0 saturated carbocycles. The second-order valence-electron chi connectivity index (χ2n) is 4.30. The summed E-state index contributed by atoms with van der Waals surface area (Å²) in [5, 5.41) is 1.63. The van der Waals surface area contributed by atoms with Crippen LogP contribution in [0.1, 0.15) is 11.1 Å². The maximum absolute atomic E-state index is 6.06. The monoisotopic (exact) mass is 265 g/mol. The summed E-state index contributed by atoms with van der Waals surface area (Å²) in [7, 11) is 0. The molecule has 0 spiro atoms. The van der Waals surface area contributed by atoms with Crippen molar-refractivity contribution in [1.82, 2.24) is 4.98 Å². The summed E-state index contributed by atoms with van der Waals surface area (Å²) in [5.41, 5.74) is 3.17. The molecule has 0 radical (unpaired) electrons. The number of rotatable bonds is 2. The van der Waals surface area contributed by atoms with Crippen LogP contribution >= 0.6 is 11.6 Å². The molecule has 0 N–H and O–H groups in total. The Labute approximate surface area is 117 Å². The highest BCUT2D eigenvalue weighted by Gasteiger charge is 2.01. The van der Waals surface area contributed by atoms with Crippen LogP contribution in [0.2, 0.25) is 5.15 Å². The van der Waals surface area contributed by atoms with E-state index in [-0.39, 0.29) is 0 Å². The largest absolute Gasteiger partial charge is 0.236 e. The van der Waals surface area contributed by atoms with Gasteiger partial charge in [-0.2, -0.15) is 0 Å². The highest BCUT2D eigenvalue weighted by Crippen LogP contribution is 2.22. The number of hydrogen-bond donors (Lipinski definition) is 0. The summed E-state index contributed by atoms with van der Waals surface area (Å²) < 4.78 is 0. The summed E-state index contributed by atoms with van der Waals surface area (Å²) >= 11 is 6.06. The lowest BCUT2D eigenvalue weighted by Crippen LogP contribution is -1.83. The van der Waals surface area contributed by atoms with Crippen LogP contribution in [0.25, 0.3) is 23.1 Å². The molecular formula is C17H12ClN. The molecule has 19 heavy (non-hydrogen) atoms. The lowest BCUT2D eigenvalue weighted by atomic mass is 10.1. The number of aromatic nitrogens is 1. The molecule has 0 fully saturated rings. The molecule has 0 aliphatic rings. The van der Waals surface area contributed by atoms with Crippen molar-refractivity contribution in [2.45, 2.75) is 0 Å². The zero-order valence-electron chi connectivity index (χ0n) is 10.3. The molecule has 0 unspecified atom stereocenters. The van der Waals surface area contributed by atoms with Gasteiger partial charge >= 0.3 is 0 Å². The number of hydrogen-bond acceptors (Lipinski definition) is 1. The van der Waals surface area contributed by atoms with Crippen LogP contribution in [-0.4, -0.2) is 4.98 Å². The lowest BCUT2D eigenvalue weighted by Gasteiger charge is -2.02. The number of benzene rings is 2. The molecule has 1 heterocycles. The Balaban J connectivity index is 2.08. The zero-order valence-corrected chi connectivity index (χ0v) is 11.0. The van der Waals surface area contributed by atoms with Crippen LogP contribution in [0.15, 0.2) is 60.7 Å². The van der Waals surface area contributed by atoms with Gasteiger partial charge in [-0.1, -0.05) is 72.3 Å². The van der Waals surface area contributed by atoms with E-state index in [1.165, 1.54) is 5.56 Å². The first-order valence-electron chi connectivity index (χ1n) is 6.11. The smallest absolute Gasteiger partial charge is 0.130 e. The third kappa shape index (κ3) is 2.67. The van der Waals surface area contributed by atoms with Crippen molar-refractivity contribution in [2.24, 2.45) is 0 Å². The summed E-state index contributed by atoms with van der Waals surface area (Å²) in [4.78, 5) is 4.32. The topological polar surface area (TPSA) is 12.9 Å². The molecule has 0 bridgehead atoms. The Morgan fingerprint density at radius 3 is 2.42 bits per heavy atom. The highest BCUT2D eigenvalue weighted by molar-refractivity contribution is 6.30.